The molecule has 2 aromatic rings. The number of carbonyl (C=O) groups excluding carboxylic acids is 1. The van der Waals surface area contributed by atoms with E-state index in [2.05, 4.69) is 5.10 Å². The average molecular weight is 444 g/mol. The maximum absolute atomic E-state index is 13.5. The van der Waals surface area contributed by atoms with Gasteiger partial charge in [0, 0.05) is 6.04 Å². The average Bonchev–Trinajstić information content (AvgIpc) is 3.07. The molecule has 30 heavy (non-hydrogen) atoms. The van der Waals surface area contributed by atoms with Crippen LogP contribution in [0.2, 0.25) is 0 Å². The largest absolute Gasteiger partial charge is 0.362 e. The number of hydrogen-bond donors (Lipinski definition) is 0. The molecule has 1 aromatic carbocycles. The summed E-state index contributed by atoms with van der Waals surface area (Å²) in [6.45, 7) is 2.58. The minimum Gasteiger partial charge on any atom is -0.362 e. The number of aromatic nitrogens is 2. The molecule has 1 amide bonds. The summed E-state index contributed by atoms with van der Waals surface area (Å²) in [5.74, 6) is -5.16. The Balaban J connectivity index is 1.58. The number of sulfonamides is 1. The van der Waals surface area contributed by atoms with E-state index in [0.717, 1.165) is 12.1 Å². The summed E-state index contributed by atoms with van der Waals surface area (Å²) >= 11 is 0. The number of anilines is 1. The number of nitrogens with zero attached hydrogens (tertiary/aromatic N) is 4. The van der Waals surface area contributed by atoms with Crippen LogP contribution in [0.25, 0.3) is 0 Å². The molecule has 2 aliphatic rings. The molecule has 12 heteroatoms. The van der Waals surface area contributed by atoms with Gasteiger partial charge in [0.05, 0.1) is 50.2 Å². The lowest BCUT2D eigenvalue weighted by atomic mass is 10.1. The topological polar surface area (TPSA) is 84.7 Å². The van der Waals surface area contributed by atoms with Crippen LogP contribution < -0.4 is 4.31 Å². The quantitative estimate of drug-likeness (QED) is 0.669. The van der Waals surface area contributed by atoms with Gasteiger partial charge in [0.25, 0.3) is 10.0 Å². The number of amides is 1. The van der Waals surface area contributed by atoms with Gasteiger partial charge in [-0.25, -0.2) is 21.6 Å². The molecular weight excluding hydrogens is 425 g/mol. The Morgan fingerprint density at radius 1 is 1.27 bits per heavy atom. The van der Waals surface area contributed by atoms with Crippen molar-refractivity contribution in [3.05, 3.63) is 47.0 Å². The number of benzene rings is 1. The van der Waals surface area contributed by atoms with Crippen LogP contribution in [0, 0.1) is 17.5 Å². The highest BCUT2D eigenvalue weighted by atomic mass is 32.2. The highest BCUT2D eigenvalue weighted by Crippen LogP contribution is 2.30. The fraction of sp³-hybridized carbons (Fsp3) is 0.444. The van der Waals surface area contributed by atoms with E-state index in [9.17, 15) is 26.4 Å². The fourth-order valence-corrected chi connectivity index (χ4v) is 4.96. The Bertz CT molecular complexity index is 1080. The minimum absolute atomic E-state index is 0.0126. The lowest BCUT2D eigenvalue weighted by Crippen LogP contribution is -2.47. The Morgan fingerprint density at radius 3 is 2.63 bits per heavy atom. The van der Waals surface area contributed by atoms with Crippen molar-refractivity contribution in [2.75, 3.05) is 23.4 Å². The fourth-order valence-electron chi connectivity index (χ4n) is 3.70. The number of ether oxygens (including phenoxy) is 1. The van der Waals surface area contributed by atoms with Gasteiger partial charge < -0.3 is 9.64 Å². The maximum Gasteiger partial charge on any atom is 0.259 e. The van der Waals surface area contributed by atoms with E-state index in [0.29, 0.717) is 17.9 Å². The van der Waals surface area contributed by atoms with Gasteiger partial charge in [-0.05, 0) is 24.6 Å². The Labute approximate surface area is 170 Å². The Morgan fingerprint density at radius 2 is 1.97 bits per heavy atom. The Hall–Kier alpha value is -2.60. The molecule has 162 valence electrons. The number of carbonyl (C=O) groups is 1. The highest BCUT2D eigenvalue weighted by molar-refractivity contribution is 7.92. The smallest absolute Gasteiger partial charge is 0.259 e. The molecule has 0 saturated carbocycles. The van der Waals surface area contributed by atoms with Crippen molar-refractivity contribution in [3.8, 4) is 0 Å². The van der Waals surface area contributed by atoms with Crippen LogP contribution in [0.1, 0.15) is 18.2 Å². The maximum atomic E-state index is 13.5. The number of hydrogen-bond acceptors (Lipinski definition) is 5. The monoisotopic (exact) mass is 444 g/mol. The number of halogens is 3. The van der Waals surface area contributed by atoms with Crippen LogP contribution in [0.5, 0.6) is 0 Å². The van der Waals surface area contributed by atoms with E-state index in [1.54, 1.807) is 11.6 Å². The first-order chi connectivity index (χ1) is 14.2. The third-order valence-electron chi connectivity index (χ3n) is 5.21. The van der Waals surface area contributed by atoms with Crippen LogP contribution in [0.4, 0.5) is 18.9 Å². The summed E-state index contributed by atoms with van der Waals surface area (Å²) in [5.41, 5.74) is 0.934. The summed E-state index contributed by atoms with van der Waals surface area (Å²) in [5, 5.41) is 4.25. The van der Waals surface area contributed by atoms with Gasteiger partial charge in [0.2, 0.25) is 5.91 Å². The van der Waals surface area contributed by atoms with Crippen molar-refractivity contribution in [3.63, 3.8) is 0 Å². The first kappa shape index (κ1) is 20.7. The first-order valence-corrected chi connectivity index (χ1v) is 10.8. The van der Waals surface area contributed by atoms with Gasteiger partial charge in [-0.3, -0.25) is 13.8 Å². The molecule has 0 spiro atoms. The minimum atomic E-state index is -3.66. The van der Waals surface area contributed by atoms with Gasteiger partial charge in [-0.2, -0.15) is 5.10 Å². The second-order valence-electron chi connectivity index (χ2n) is 7.29. The first-order valence-electron chi connectivity index (χ1n) is 9.23. The summed E-state index contributed by atoms with van der Waals surface area (Å²) in [6.07, 6.45) is 1.13. The standard InChI is InChI=1S/C18H19F3N4O4S/c1-11-8-24-16(15(7-22-24)25-2-3-29-10-30(25,27)28)9-23(11)17(26)6-12-4-13(19)18(21)14(20)5-12/h4-5,7,11H,2-3,6,8-10H2,1H3/t11-/m0/s1. The third-order valence-corrected chi connectivity index (χ3v) is 6.73. The molecule has 2 aliphatic heterocycles. The van der Waals surface area contributed by atoms with E-state index in [-0.39, 0.29) is 37.7 Å². The van der Waals surface area contributed by atoms with Gasteiger partial charge in [0.15, 0.2) is 23.4 Å². The molecule has 1 aromatic heterocycles. The third kappa shape index (κ3) is 3.65. The van der Waals surface area contributed by atoms with Crippen LogP contribution in [0.15, 0.2) is 18.3 Å². The van der Waals surface area contributed by atoms with E-state index in [4.69, 9.17) is 4.74 Å². The molecule has 4 rings (SSSR count). The molecule has 8 nitrogen and oxygen atoms in total. The van der Waals surface area contributed by atoms with Crippen molar-refractivity contribution in [1.82, 2.24) is 14.7 Å². The van der Waals surface area contributed by atoms with E-state index < -0.39 is 39.3 Å². The molecule has 1 fully saturated rings. The second kappa shape index (κ2) is 7.58. The van der Waals surface area contributed by atoms with Crippen LogP contribution in [0.3, 0.4) is 0 Å². The Kier molecular flexibility index (Phi) is 5.22. The zero-order valence-corrected chi connectivity index (χ0v) is 16.8. The predicted octanol–water partition coefficient (Wildman–Crippen LogP) is 1.40. The normalized spacial score (nSPS) is 20.9. The molecule has 0 bridgehead atoms. The van der Waals surface area contributed by atoms with E-state index in [1.165, 1.54) is 15.4 Å². The molecule has 0 aliphatic carbocycles. The van der Waals surface area contributed by atoms with Crippen LogP contribution >= 0.6 is 0 Å². The summed E-state index contributed by atoms with van der Waals surface area (Å²) in [6, 6.07) is 1.30. The van der Waals surface area contributed by atoms with Crippen molar-refractivity contribution in [2.45, 2.75) is 32.5 Å². The van der Waals surface area contributed by atoms with Gasteiger partial charge in [-0.15, -0.1) is 0 Å². The lowest BCUT2D eigenvalue weighted by molar-refractivity contribution is -0.134. The van der Waals surface area contributed by atoms with Crippen molar-refractivity contribution in [1.29, 1.82) is 0 Å². The van der Waals surface area contributed by atoms with Crippen LogP contribution in [-0.4, -0.2) is 54.1 Å². The van der Waals surface area contributed by atoms with E-state index in [1.807, 2.05) is 0 Å². The molecule has 0 radical (unpaired) electrons. The predicted molar refractivity (Wildman–Crippen MR) is 99.3 cm³/mol. The zero-order valence-electron chi connectivity index (χ0n) is 16.0. The zero-order chi connectivity index (χ0) is 21.6. The van der Waals surface area contributed by atoms with Crippen molar-refractivity contribution >= 4 is 21.6 Å². The summed E-state index contributed by atoms with van der Waals surface area (Å²) in [4.78, 5) is 14.3. The molecule has 0 N–H and O–H groups in total. The number of fused-ring (bicyclic) bond motifs is 1. The summed E-state index contributed by atoms with van der Waals surface area (Å²) < 4.78 is 72.7. The number of rotatable bonds is 3. The summed E-state index contributed by atoms with van der Waals surface area (Å²) in [7, 11) is -3.66. The molecule has 3 heterocycles. The van der Waals surface area contributed by atoms with Gasteiger partial charge in [-0.1, -0.05) is 0 Å². The molecule has 0 unspecified atom stereocenters. The molecule has 1 saturated heterocycles. The van der Waals surface area contributed by atoms with Crippen molar-refractivity contribution in [2.24, 2.45) is 0 Å². The lowest BCUT2D eigenvalue weighted by Gasteiger charge is -2.36. The van der Waals surface area contributed by atoms with Gasteiger partial charge >= 0.3 is 0 Å². The van der Waals surface area contributed by atoms with Gasteiger partial charge in [0.1, 0.15) is 0 Å². The van der Waals surface area contributed by atoms with E-state index >= 15 is 0 Å². The van der Waals surface area contributed by atoms with Crippen LogP contribution in [-0.2, 0) is 39.1 Å². The highest BCUT2D eigenvalue weighted by Gasteiger charge is 2.35. The molecular formula is C18H19F3N4O4S. The second-order valence-corrected chi connectivity index (χ2v) is 9.13. The molecule has 1 atom stereocenters. The SMILES string of the molecule is C[C@H]1Cn2ncc(N3CCOCS3(=O)=O)c2CN1C(=O)Cc1cc(F)c(F)c(F)c1. The van der Waals surface area contributed by atoms with Crippen molar-refractivity contribution < 1.29 is 31.1 Å².